The van der Waals surface area contributed by atoms with Crippen molar-refractivity contribution in [2.24, 2.45) is 11.8 Å². The van der Waals surface area contributed by atoms with E-state index in [1.54, 1.807) is 0 Å². The molecule has 0 aromatic heterocycles. The second kappa shape index (κ2) is 69.8. The maximum absolute atomic E-state index is 13.1. The van der Waals surface area contributed by atoms with Gasteiger partial charge >= 0.3 is 39.5 Å². The maximum atomic E-state index is 13.1. The number of phosphoric acid groups is 2. The molecule has 0 rings (SSSR count). The summed E-state index contributed by atoms with van der Waals surface area (Å²) in [7, 11) is -9.91. The van der Waals surface area contributed by atoms with Gasteiger partial charge in [-0.2, -0.15) is 0 Å². The van der Waals surface area contributed by atoms with E-state index in [0.29, 0.717) is 25.7 Å². The molecular formula is C78H152O17P2. The maximum Gasteiger partial charge on any atom is 0.472 e. The zero-order valence-corrected chi connectivity index (χ0v) is 65.2. The second-order valence-electron chi connectivity index (χ2n) is 28.8. The molecule has 0 aliphatic carbocycles. The van der Waals surface area contributed by atoms with Crippen LogP contribution in [0.2, 0.25) is 0 Å². The molecule has 0 aromatic carbocycles. The third-order valence-electron chi connectivity index (χ3n) is 18.6. The quantitative estimate of drug-likeness (QED) is 0.0222. The van der Waals surface area contributed by atoms with E-state index < -0.39 is 97.5 Å². The summed E-state index contributed by atoms with van der Waals surface area (Å²) in [5, 5.41) is 10.6. The van der Waals surface area contributed by atoms with E-state index in [2.05, 4.69) is 41.5 Å². The Morgan fingerprint density at radius 2 is 0.526 bits per heavy atom. The van der Waals surface area contributed by atoms with E-state index >= 15 is 0 Å². The Kier molecular flexibility index (Phi) is 68.4. The molecule has 0 bridgehead atoms. The molecule has 0 heterocycles. The molecule has 0 aliphatic heterocycles. The van der Waals surface area contributed by atoms with Gasteiger partial charge in [0, 0.05) is 25.7 Å². The number of esters is 4. The van der Waals surface area contributed by atoms with Crippen LogP contribution in [0.5, 0.6) is 0 Å². The number of aliphatic hydroxyl groups excluding tert-OH is 1. The van der Waals surface area contributed by atoms with Crippen LogP contribution in [0.3, 0.4) is 0 Å². The molecule has 3 N–H and O–H groups in total. The Bertz CT molecular complexity index is 1870. The zero-order chi connectivity index (χ0) is 71.4. The van der Waals surface area contributed by atoms with Crippen molar-refractivity contribution in [3.63, 3.8) is 0 Å². The fourth-order valence-corrected chi connectivity index (χ4v) is 13.6. The minimum atomic E-state index is -4.96. The lowest BCUT2D eigenvalue weighted by molar-refractivity contribution is -0.161. The van der Waals surface area contributed by atoms with Crippen LogP contribution in [0.1, 0.15) is 408 Å². The first kappa shape index (κ1) is 95.1. The predicted octanol–water partition coefficient (Wildman–Crippen LogP) is 23.1. The highest BCUT2D eigenvalue weighted by molar-refractivity contribution is 7.47. The van der Waals surface area contributed by atoms with Gasteiger partial charge in [-0.3, -0.25) is 37.3 Å². The topological polar surface area (TPSA) is 237 Å². The Balaban J connectivity index is 5.25. The van der Waals surface area contributed by atoms with E-state index in [9.17, 15) is 43.2 Å². The van der Waals surface area contributed by atoms with Gasteiger partial charge in [0.1, 0.15) is 19.3 Å². The standard InChI is InChI=1S/C78H152O17P2/c1-7-10-12-14-16-18-20-21-22-23-24-27-31-38-44-50-56-62-77(82)94-74(67-89-76(81)61-55-49-43-37-30-28-25-26-29-34-40-46-52-58-70(4)5)69-93-97(86,87)91-65-72(79)64-90-96(84,85)92-68-73(66-88-75(80)60-54-48-42-36-19-17-15-13-11-8-2)95-78(83)63-57-51-45-39-33-32-35-41-47-53-59-71(6)9-3/h70-74,79H,7-69H2,1-6H3,(H,84,85)(H,86,87)/t71?,72-,73+,74+/m0/s1. The summed E-state index contributed by atoms with van der Waals surface area (Å²) < 4.78 is 68.6. The molecule has 576 valence electrons. The van der Waals surface area contributed by atoms with Crippen LogP contribution in [0.15, 0.2) is 0 Å². The number of aliphatic hydroxyl groups is 1. The fraction of sp³-hybridized carbons (Fsp3) is 0.949. The summed E-state index contributed by atoms with van der Waals surface area (Å²) in [5.74, 6) is -0.517. The molecule has 6 atom stereocenters. The number of carbonyl (C=O) groups is 4. The lowest BCUT2D eigenvalue weighted by Crippen LogP contribution is -2.30. The van der Waals surface area contributed by atoms with Gasteiger partial charge in [0.2, 0.25) is 0 Å². The van der Waals surface area contributed by atoms with E-state index in [0.717, 1.165) is 102 Å². The van der Waals surface area contributed by atoms with Crippen LogP contribution in [-0.4, -0.2) is 96.7 Å². The summed E-state index contributed by atoms with van der Waals surface area (Å²) in [4.78, 5) is 72.9. The molecule has 0 fully saturated rings. The smallest absolute Gasteiger partial charge is 0.462 e. The number of unbranched alkanes of at least 4 members (excludes halogenated alkanes) is 46. The van der Waals surface area contributed by atoms with Crippen molar-refractivity contribution in [1.82, 2.24) is 0 Å². The van der Waals surface area contributed by atoms with Gasteiger partial charge in [0.15, 0.2) is 12.2 Å². The molecule has 0 aliphatic rings. The van der Waals surface area contributed by atoms with Gasteiger partial charge in [-0.05, 0) is 37.5 Å². The Hall–Kier alpha value is -1.94. The van der Waals surface area contributed by atoms with Crippen LogP contribution < -0.4 is 0 Å². The number of hydrogen-bond acceptors (Lipinski definition) is 15. The van der Waals surface area contributed by atoms with E-state index in [1.165, 1.54) is 225 Å². The number of hydrogen-bond donors (Lipinski definition) is 3. The molecule has 0 radical (unpaired) electrons. The molecule has 97 heavy (non-hydrogen) atoms. The van der Waals surface area contributed by atoms with Crippen molar-refractivity contribution in [3.05, 3.63) is 0 Å². The Labute approximate surface area is 594 Å². The molecule has 0 spiro atoms. The van der Waals surface area contributed by atoms with Gasteiger partial charge in [-0.15, -0.1) is 0 Å². The summed E-state index contributed by atoms with van der Waals surface area (Å²) >= 11 is 0. The summed E-state index contributed by atoms with van der Waals surface area (Å²) in [6.07, 6.45) is 58.1. The minimum Gasteiger partial charge on any atom is -0.462 e. The van der Waals surface area contributed by atoms with Crippen molar-refractivity contribution < 1.29 is 80.2 Å². The van der Waals surface area contributed by atoms with Crippen molar-refractivity contribution in [2.45, 2.75) is 426 Å². The number of phosphoric ester groups is 2. The van der Waals surface area contributed by atoms with Crippen LogP contribution in [0, 0.1) is 11.8 Å². The van der Waals surface area contributed by atoms with Gasteiger partial charge in [0.25, 0.3) is 0 Å². The predicted molar refractivity (Wildman–Crippen MR) is 395 cm³/mol. The molecule has 3 unspecified atom stereocenters. The third kappa shape index (κ3) is 70.9. The van der Waals surface area contributed by atoms with Crippen LogP contribution in [-0.2, 0) is 65.4 Å². The van der Waals surface area contributed by atoms with Crippen LogP contribution >= 0.6 is 15.6 Å². The summed E-state index contributed by atoms with van der Waals surface area (Å²) in [6.45, 7) is 9.65. The number of ether oxygens (including phenoxy) is 4. The monoisotopic (exact) mass is 1420 g/mol. The minimum absolute atomic E-state index is 0.107. The lowest BCUT2D eigenvalue weighted by atomic mass is 9.99. The average molecular weight is 1420 g/mol. The van der Waals surface area contributed by atoms with Crippen molar-refractivity contribution >= 4 is 39.5 Å². The van der Waals surface area contributed by atoms with Crippen molar-refractivity contribution in [1.29, 1.82) is 0 Å². The first-order chi connectivity index (χ1) is 46.9. The summed E-state index contributed by atoms with van der Waals surface area (Å²) in [6, 6.07) is 0. The average Bonchev–Trinajstić information content (AvgIpc) is 1.77. The van der Waals surface area contributed by atoms with Gasteiger partial charge in [0.05, 0.1) is 26.4 Å². The normalized spacial score (nSPS) is 14.2. The largest absolute Gasteiger partial charge is 0.472 e. The molecule has 0 saturated heterocycles. The van der Waals surface area contributed by atoms with Gasteiger partial charge in [-0.25, -0.2) is 9.13 Å². The fourth-order valence-electron chi connectivity index (χ4n) is 12.0. The molecule has 19 heteroatoms. The van der Waals surface area contributed by atoms with E-state index in [4.69, 9.17) is 37.0 Å². The Morgan fingerprint density at radius 3 is 0.784 bits per heavy atom. The Morgan fingerprint density at radius 1 is 0.299 bits per heavy atom. The summed E-state index contributed by atoms with van der Waals surface area (Å²) in [5.41, 5.74) is 0. The van der Waals surface area contributed by atoms with E-state index in [-0.39, 0.29) is 25.7 Å². The molecule has 0 aromatic rings. The lowest BCUT2D eigenvalue weighted by Gasteiger charge is -2.21. The molecule has 0 saturated carbocycles. The molecule has 17 nitrogen and oxygen atoms in total. The van der Waals surface area contributed by atoms with Crippen LogP contribution in [0.25, 0.3) is 0 Å². The van der Waals surface area contributed by atoms with Crippen molar-refractivity contribution in [3.8, 4) is 0 Å². The highest BCUT2D eigenvalue weighted by Gasteiger charge is 2.30. The van der Waals surface area contributed by atoms with Gasteiger partial charge in [-0.1, -0.05) is 356 Å². The van der Waals surface area contributed by atoms with Crippen LogP contribution in [0.4, 0.5) is 0 Å². The van der Waals surface area contributed by atoms with Gasteiger partial charge < -0.3 is 33.8 Å². The molecule has 0 amide bonds. The number of rotatable bonds is 77. The first-order valence-corrected chi connectivity index (χ1v) is 43.5. The number of carbonyl (C=O) groups excluding carboxylic acids is 4. The SMILES string of the molecule is CCCCCCCCCCCCCCCCCCCC(=O)O[C@H](COC(=O)CCCCCCCCCCCCCCCC(C)C)COP(=O)(O)OC[C@@H](O)COP(=O)(O)OC[C@@H](COC(=O)CCCCCCCCCCCC)OC(=O)CCCCCCCCCCCCC(C)CC. The highest BCUT2D eigenvalue weighted by atomic mass is 31.2. The van der Waals surface area contributed by atoms with Crippen molar-refractivity contribution in [2.75, 3.05) is 39.6 Å². The first-order valence-electron chi connectivity index (χ1n) is 40.5. The van der Waals surface area contributed by atoms with E-state index in [1.807, 2.05) is 0 Å². The molecular weight excluding hydrogens is 1270 g/mol. The zero-order valence-electron chi connectivity index (χ0n) is 63.4. The third-order valence-corrected chi connectivity index (χ3v) is 20.5. The second-order valence-corrected chi connectivity index (χ2v) is 31.7. The highest BCUT2D eigenvalue weighted by Crippen LogP contribution is 2.45.